The van der Waals surface area contributed by atoms with Gasteiger partial charge < -0.3 is 27.9 Å². The van der Waals surface area contributed by atoms with Gasteiger partial charge in [0.2, 0.25) is 0 Å². The molecule has 350 valence electrons. The number of esters is 2. The molecule has 0 aliphatic carbocycles. The second-order valence-electron chi connectivity index (χ2n) is 17.5. The Hall–Kier alpha value is -2.03. The first kappa shape index (κ1) is 58.0. The molecule has 0 fully saturated rings. The average molecular weight is 866 g/mol. The van der Waals surface area contributed by atoms with Gasteiger partial charge in [0.1, 0.15) is 19.8 Å². The Morgan fingerprint density at radius 1 is 0.533 bits per heavy atom. The minimum atomic E-state index is -4.63. The summed E-state index contributed by atoms with van der Waals surface area (Å²) in [4.78, 5) is 37.6. The number of hydrogen-bond acceptors (Lipinski definition) is 8. The molecule has 0 spiro atoms. The van der Waals surface area contributed by atoms with E-state index in [2.05, 4.69) is 62.5 Å². The summed E-state index contributed by atoms with van der Waals surface area (Å²) in [7, 11) is 1.15. The minimum Gasteiger partial charge on any atom is -0.756 e. The molecule has 0 rings (SSSR count). The zero-order valence-corrected chi connectivity index (χ0v) is 40.3. The SMILES string of the molecule is CC/C=C\C/C=C\C/C=C\C/C=C\CCCCCCC(=O)OC[C@H](COP(=O)([O-])OCC[N+](C)(C)C)OC(=O)CCCCCCCCCCCCCCCCCCCCC. The Morgan fingerprint density at radius 2 is 0.950 bits per heavy atom. The Balaban J connectivity index is 4.31. The van der Waals surface area contributed by atoms with Crippen LogP contribution in [0.15, 0.2) is 48.6 Å². The van der Waals surface area contributed by atoms with Crippen LogP contribution in [0.1, 0.15) is 206 Å². The normalized spacial score (nSPS) is 13.9. The summed E-state index contributed by atoms with van der Waals surface area (Å²) < 4.78 is 34.0. The number of nitrogens with zero attached hydrogens (tertiary/aromatic N) is 1. The third-order valence-corrected chi connectivity index (χ3v) is 11.3. The van der Waals surface area contributed by atoms with Gasteiger partial charge in [-0.15, -0.1) is 0 Å². The van der Waals surface area contributed by atoms with Gasteiger partial charge in [0.15, 0.2) is 6.10 Å². The van der Waals surface area contributed by atoms with E-state index in [1.54, 1.807) is 0 Å². The van der Waals surface area contributed by atoms with Crippen LogP contribution in [-0.4, -0.2) is 70.0 Å². The van der Waals surface area contributed by atoms with Crippen molar-refractivity contribution < 1.29 is 42.1 Å². The molecule has 0 aliphatic rings. The molecule has 0 aromatic rings. The number of hydrogen-bond donors (Lipinski definition) is 0. The molecule has 0 radical (unpaired) electrons. The van der Waals surface area contributed by atoms with Gasteiger partial charge in [-0.25, -0.2) is 0 Å². The van der Waals surface area contributed by atoms with Crippen LogP contribution in [0.4, 0.5) is 0 Å². The van der Waals surface area contributed by atoms with Crippen molar-refractivity contribution in [2.24, 2.45) is 0 Å². The van der Waals surface area contributed by atoms with Crippen molar-refractivity contribution in [3.05, 3.63) is 48.6 Å². The Morgan fingerprint density at radius 3 is 1.42 bits per heavy atom. The van der Waals surface area contributed by atoms with E-state index >= 15 is 0 Å². The second kappa shape index (κ2) is 42.3. The molecule has 0 aromatic carbocycles. The van der Waals surface area contributed by atoms with Gasteiger partial charge in [-0.2, -0.15) is 0 Å². The van der Waals surface area contributed by atoms with Crippen molar-refractivity contribution in [3.63, 3.8) is 0 Å². The number of allylic oxidation sites excluding steroid dienone is 8. The molecular formula is C50H92NO8P. The maximum absolute atomic E-state index is 12.7. The van der Waals surface area contributed by atoms with Crippen LogP contribution in [0.25, 0.3) is 0 Å². The highest BCUT2D eigenvalue weighted by atomic mass is 31.2. The molecule has 0 saturated heterocycles. The molecule has 0 aliphatic heterocycles. The summed E-state index contributed by atoms with van der Waals surface area (Å²) in [5.41, 5.74) is 0. The maximum Gasteiger partial charge on any atom is 0.306 e. The van der Waals surface area contributed by atoms with E-state index in [9.17, 15) is 19.0 Å². The van der Waals surface area contributed by atoms with Crippen molar-refractivity contribution in [1.82, 2.24) is 0 Å². The van der Waals surface area contributed by atoms with Crippen LogP contribution in [-0.2, 0) is 32.7 Å². The van der Waals surface area contributed by atoms with E-state index in [-0.39, 0.29) is 26.1 Å². The summed E-state index contributed by atoms with van der Waals surface area (Å²) in [5.74, 6) is -0.857. The Kier molecular flexibility index (Phi) is 40.8. The number of likely N-dealkylation sites (N-methyl/N-ethyl adjacent to an activating group) is 1. The van der Waals surface area contributed by atoms with E-state index in [0.717, 1.165) is 70.6 Å². The summed E-state index contributed by atoms with van der Waals surface area (Å²) in [6, 6.07) is 0. The predicted octanol–water partition coefficient (Wildman–Crippen LogP) is 13.6. The first-order valence-corrected chi connectivity index (χ1v) is 25.8. The lowest BCUT2D eigenvalue weighted by Gasteiger charge is -2.28. The zero-order chi connectivity index (χ0) is 44.3. The monoisotopic (exact) mass is 866 g/mol. The van der Waals surface area contributed by atoms with Crippen LogP contribution < -0.4 is 4.89 Å². The first-order valence-electron chi connectivity index (χ1n) is 24.3. The molecule has 9 nitrogen and oxygen atoms in total. The third-order valence-electron chi connectivity index (χ3n) is 10.4. The smallest absolute Gasteiger partial charge is 0.306 e. The fourth-order valence-electron chi connectivity index (χ4n) is 6.59. The summed E-state index contributed by atoms with van der Waals surface area (Å²) in [6.07, 6.45) is 49.9. The molecule has 0 aromatic heterocycles. The zero-order valence-electron chi connectivity index (χ0n) is 39.4. The van der Waals surface area contributed by atoms with Crippen LogP contribution in [0.2, 0.25) is 0 Å². The second-order valence-corrected chi connectivity index (χ2v) is 18.9. The molecule has 1 unspecified atom stereocenters. The van der Waals surface area contributed by atoms with Gasteiger partial charge in [-0.05, 0) is 51.4 Å². The fraction of sp³-hybridized carbons (Fsp3) is 0.800. The van der Waals surface area contributed by atoms with Crippen LogP contribution >= 0.6 is 7.82 Å². The molecule has 0 heterocycles. The Labute approximate surface area is 369 Å². The number of phosphoric acid groups is 1. The van der Waals surface area contributed by atoms with Crippen molar-refractivity contribution in [2.75, 3.05) is 47.5 Å². The summed E-state index contributed by atoms with van der Waals surface area (Å²) >= 11 is 0. The molecule has 0 saturated carbocycles. The van der Waals surface area contributed by atoms with E-state index in [0.29, 0.717) is 23.9 Å². The van der Waals surface area contributed by atoms with Gasteiger partial charge in [-0.1, -0.05) is 191 Å². The van der Waals surface area contributed by atoms with E-state index in [1.807, 2.05) is 21.1 Å². The molecule has 2 atom stereocenters. The van der Waals surface area contributed by atoms with Crippen LogP contribution in [0.3, 0.4) is 0 Å². The standard InChI is InChI=1S/C50H92NO8P/c1-6-8-10-12-14-16-18-20-22-24-25-27-29-31-33-35-37-39-41-43-50(53)59-48(47-58-60(54,55)57-45-44-51(3,4)5)46-56-49(52)42-40-38-36-34-32-30-28-26-23-21-19-17-15-13-11-9-7-2/h9,11,15,17,21,23,28,30,48H,6-8,10,12-14,16,18-20,22,24-27,29,31-47H2,1-5H3/b11-9-,17-15-,23-21-,30-28-/t48-/m1/s1. The van der Waals surface area contributed by atoms with Crippen LogP contribution in [0.5, 0.6) is 0 Å². The fourth-order valence-corrected chi connectivity index (χ4v) is 7.32. The highest BCUT2D eigenvalue weighted by Gasteiger charge is 2.21. The summed E-state index contributed by atoms with van der Waals surface area (Å²) in [5, 5.41) is 0. The van der Waals surface area contributed by atoms with Gasteiger partial charge in [0.05, 0.1) is 27.7 Å². The number of carbonyl (C=O) groups excluding carboxylic acids is 2. The van der Waals surface area contributed by atoms with Crippen molar-refractivity contribution in [1.29, 1.82) is 0 Å². The largest absolute Gasteiger partial charge is 0.756 e. The average Bonchev–Trinajstić information content (AvgIpc) is 3.20. The van der Waals surface area contributed by atoms with Gasteiger partial charge in [0.25, 0.3) is 7.82 Å². The first-order chi connectivity index (χ1) is 29.0. The number of rotatable bonds is 44. The number of unbranched alkanes of at least 4 members (excludes halogenated alkanes) is 22. The third kappa shape index (κ3) is 45.5. The van der Waals surface area contributed by atoms with Gasteiger partial charge in [-0.3, -0.25) is 14.2 Å². The molecular weight excluding hydrogens is 774 g/mol. The molecule has 10 heteroatoms. The lowest BCUT2D eigenvalue weighted by molar-refractivity contribution is -0.870. The highest BCUT2D eigenvalue weighted by molar-refractivity contribution is 7.45. The number of phosphoric ester groups is 1. The van der Waals surface area contributed by atoms with Gasteiger partial charge in [0, 0.05) is 12.8 Å². The van der Waals surface area contributed by atoms with E-state index in [4.69, 9.17) is 18.5 Å². The number of quaternary nitrogens is 1. The Bertz CT molecular complexity index is 1160. The number of carbonyl (C=O) groups is 2. The predicted molar refractivity (Wildman–Crippen MR) is 250 cm³/mol. The summed E-state index contributed by atoms with van der Waals surface area (Å²) in [6.45, 7) is 4.11. The van der Waals surface area contributed by atoms with Crippen molar-refractivity contribution >= 4 is 19.8 Å². The van der Waals surface area contributed by atoms with E-state index in [1.165, 1.54) is 96.3 Å². The lowest BCUT2D eigenvalue weighted by Crippen LogP contribution is -2.37. The van der Waals surface area contributed by atoms with Gasteiger partial charge >= 0.3 is 11.9 Å². The maximum atomic E-state index is 12.7. The lowest BCUT2D eigenvalue weighted by atomic mass is 10.0. The minimum absolute atomic E-state index is 0.0352. The van der Waals surface area contributed by atoms with Crippen molar-refractivity contribution in [3.8, 4) is 0 Å². The molecule has 0 N–H and O–H groups in total. The van der Waals surface area contributed by atoms with E-state index < -0.39 is 32.5 Å². The molecule has 60 heavy (non-hydrogen) atoms. The van der Waals surface area contributed by atoms with Crippen molar-refractivity contribution in [2.45, 2.75) is 213 Å². The quantitative estimate of drug-likeness (QED) is 0.0196. The highest BCUT2D eigenvalue weighted by Crippen LogP contribution is 2.38. The van der Waals surface area contributed by atoms with Crippen LogP contribution in [0, 0.1) is 0 Å². The molecule has 0 bridgehead atoms. The molecule has 0 amide bonds. The topological polar surface area (TPSA) is 111 Å². The number of ether oxygens (including phenoxy) is 2.